The van der Waals surface area contributed by atoms with Crippen LogP contribution in [0.15, 0.2) is 18.2 Å². The van der Waals surface area contributed by atoms with Gasteiger partial charge in [-0.15, -0.1) is 0 Å². The number of rotatable bonds is 2. The highest BCUT2D eigenvalue weighted by Gasteiger charge is 2.78. The van der Waals surface area contributed by atoms with E-state index in [-0.39, 0.29) is 35.7 Å². The average Bonchev–Trinajstić information content (AvgIpc) is 3.17. The van der Waals surface area contributed by atoms with Crippen molar-refractivity contribution in [1.82, 2.24) is 0 Å². The first-order valence-electron chi connectivity index (χ1n) is 8.14. The molecule has 2 saturated heterocycles. The van der Waals surface area contributed by atoms with E-state index in [1.54, 1.807) is 23.1 Å². The Bertz CT molecular complexity index is 726. The number of anilines is 1. The van der Waals surface area contributed by atoms with Gasteiger partial charge in [-0.2, -0.15) is 0 Å². The summed E-state index contributed by atoms with van der Waals surface area (Å²) in [6, 6.07) is 5.19. The number of hydrogen-bond acceptors (Lipinski definition) is 3. The Balaban J connectivity index is 1.69. The van der Waals surface area contributed by atoms with Crippen LogP contribution in [-0.2, 0) is 9.53 Å². The number of nitrogens with zero attached hydrogens (tertiary/aromatic N) is 1. The van der Waals surface area contributed by atoms with Crippen LogP contribution < -0.4 is 4.90 Å². The van der Waals surface area contributed by atoms with Crippen LogP contribution in [0.1, 0.15) is 19.8 Å². The Hall–Kier alpha value is -0.810. The second-order valence-corrected chi connectivity index (χ2v) is 8.00. The van der Waals surface area contributed by atoms with Crippen LogP contribution >= 0.6 is 23.2 Å². The van der Waals surface area contributed by atoms with E-state index in [1.807, 2.05) is 6.92 Å². The molecule has 0 spiro atoms. The van der Waals surface area contributed by atoms with E-state index < -0.39 is 11.8 Å². The van der Waals surface area contributed by atoms with E-state index in [9.17, 15) is 9.90 Å². The van der Waals surface area contributed by atoms with E-state index in [0.29, 0.717) is 22.2 Å². The Kier molecular flexibility index (Phi) is 2.79. The topological polar surface area (TPSA) is 49.8 Å². The van der Waals surface area contributed by atoms with E-state index in [4.69, 9.17) is 27.9 Å². The second-order valence-electron chi connectivity index (χ2n) is 7.16. The largest absolute Gasteiger partial charge is 0.390 e. The first-order chi connectivity index (χ1) is 11.0. The summed E-state index contributed by atoms with van der Waals surface area (Å²) in [5.74, 6) is 0.336. The first kappa shape index (κ1) is 14.5. The van der Waals surface area contributed by atoms with Crippen LogP contribution in [-0.4, -0.2) is 28.9 Å². The van der Waals surface area contributed by atoms with Gasteiger partial charge in [0.05, 0.1) is 28.8 Å². The molecule has 4 aliphatic rings. The van der Waals surface area contributed by atoms with Crippen LogP contribution in [0.25, 0.3) is 0 Å². The van der Waals surface area contributed by atoms with Gasteiger partial charge in [-0.1, -0.05) is 30.1 Å². The molecule has 122 valence electrons. The summed E-state index contributed by atoms with van der Waals surface area (Å²) in [6.45, 7) is 2.04. The Morgan fingerprint density at radius 1 is 1.39 bits per heavy atom. The number of hydrogen-bond donors (Lipinski definition) is 1. The highest BCUT2D eigenvalue weighted by Crippen LogP contribution is 2.69. The number of carbonyl (C=O) groups is 1. The van der Waals surface area contributed by atoms with E-state index in [0.717, 1.165) is 6.42 Å². The van der Waals surface area contributed by atoms with E-state index in [1.165, 1.54) is 0 Å². The zero-order valence-electron chi connectivity index (χ0n) is 12.6. The summed E-state index contributed by atoms with van der Waals surface area (Å²) in [5.41, 5.74) is -0.0207. The van der Waals surface area contributed by atoms with E-state index >= 15 is 0 Å². The van der Waals surface area contributed by atoms with Crippen molar-refractivity contribution in [3.05, 3.63) is 28.2 Å². The lowest BCUT2D eigenvalue weighted by Gasteiger charge is -2.38. The van der Waals surface area contributed by atoms with Crippen molar-refractivity contribution in [2.75, 3.05) is 4.90 Å². The summed E-state index contributed by atoms with van der Waals surface area (Å²) in [5, 5.41) is 11.5. The third-order valence-corrected chi connectivity index (χ3v) is 6.99. The Morgan fingerprint density at radius 3 is 2.87 bits per heavy atom. The molecule has 0 aromatic heterocycles. The van der Waals surface area contributed by atoms with Gasteiger partial charge in [-0.3, -0.25) is 9.69 Å². The molecule has 2 aliphatic carbocycles. The molecule has 6 heteroatoms. The van der Waals surface area contributed by atoms with Gasteiger partial charge in [0, 0.05) is 10.9 Å². The van der Waals surface area contributed by atoms with Crippen LogP contribution in [0.2, 0.25) is 10.0 Å². The lowest BCUT2D eigenvalue weighted by atomic mass is 9.76. The molecule has 0 unspecified atom stereocenters. The number of halogens is 2. The minimum Gasteiger partial charge on any atom is -0.390 e. The molecule has 2 bridgehead atoms. The summed E-state index contributed by atoms with van der Waals surface area (Å²) >= 11 is 12.4. The van der Waals surface area contributed by atoms with Gasteiger partial charge in [-0.25, -0.2) is 0 Å². The highest BCUT2D eigenvalue weighted by molar-refractivity contribution is 6.37. The minimum absolute atomic E-state index is 0.0204. The van der Waals surface area contributed by atoms with Crippen LogP contribution in [0.3, 0.4) is 0 Å². The number of amides is 1. The van der Waals surface area contributed by atoms with Gasteiger partial charge in [0.15, 0.2) is 5.72 Å². The molecule has 1 aromatic rings. The van der Waals surface area contributed by atoms with Crippen molar-refractivity contribution in [3.63, 3.8) is 0 Å². The number of aliphatic hydroxyl groups excluding tert-OH is 1. The molecule has 1 amide bonds. The molecule has 2 heterocycles. The lowest BCUT2D eigenvalue weighted by molar-refractivity contribution is -0.133. The predicted molar refractivity (Wildman–Crippen MR) is 86.4 cm³/mol. The van der Waals surface area contributed by atoms with Crippen molar-refractivity contribution in [2.24, 2.45) is 23.7 Å². The third kappa shape index (κ3) is 1.50. The highest BCUT2D eigenvalue weighted by atomic mass is 35.5. The summed E-state index contributed by atoms with van der Waals surface area (Å²) in [4.78, 5) is 15.0. The predicted octanol–water partition coefficient (Wildman–Crippen LogP) is 3.09. The molecule has 2 saturated carbocycles. The normalized spacial score (nSPS) is 46.3. The van der Waals surface area contributed by atoms with Crippen LogP contribution in [0.5, 0.6) is 0 Å². The van der Waals surface area contributed by atoms with Gasteiger partial charge >= 0.3 is 0 Å². The fourth-order valence-corrected chi connectivity index (χ4v) is 6.24. The monoisotopic (exact) mass is 353 g/mol. The fraction of sp³-hybridized carbons (Fsp3) is 0.588. The Morgan fingerprint density at radius 2 is 2.17 bits per heavy atom. The van der Waals surface area contributed by atoms with Crippen molar-refractivity contribution < 1.29 is 14.6 Å². The lowest BCUT2D eigenvalue weighted by Crippen LogP contribution is -2.51. The Labute approximate surface area is 144 Å². The van der Waals surface area contributed by atoms with Crippen LogP contribution in [0.4, 0.5) is 5.69 Å². The molecular formula is C17H17Cl2NO3. The maximum absolute atomic E-state index is 13.2. The van der Waals surface area contributed by atoms with Crippen molar-refractivity contribution >= 4 is 34.8 Å². The average molecular weight is 354 g/mol. The van der Waals surface area contributed by atoms with Gasteiger partial charge in [0.2, 0.25) is 5.91 Å². The molecule has 1 N–H and O–H groups in total. The van der Waals surface area contributed by atoms with E-state index in [2.05, 4.69) is 0 Å². The maximum Gasteiger partial charge on any atom is 0.233 e. The summed E-state index contributed by atoms with van der Waals surface area (Å²) in [6.07, 6.45) is 0.923. The maximum atomic E-state index is 13.2. The van der Waals surface area contributed by atoms with Gasteiger partial charge < -0.3 is 9.84 Å². The summed E-state index contributed by atoms with van der Waals surface area (Å²) < 4.78 is 6.37. The van der Waals surface area contributed by atoms with Gasteiger partial charge in [-0.05, 0) is 42.9 Å². The molecule has 2 aliphatic heterocycles. The third-order valence-electron chi connectivity index (χ3n) is 6.45. The summed E-state index contributed by atoms with van der Waals surface area (Å²) in [7, 11) is 0. The molecule has 5 rings (SSSR count). The second kappa shape index (κ2) is 4.42. The number of benzene rings is 1. The number of carbonyl (C=O) groups excluding carboxylic acids is 1. The first-order valence-corrected chi connectivity index (χ1v) is 8.90. The standard InChI is InChI=1S/C17H17Cl2NO3/c1-2-17-13-9-6-8(14(21)15(9)23-17)12(13)16(22)20(17)11-4-3-7(18)5-10(11)19/h3-5,8-9,12-15,21H,2,6H2,1H3/t8-,9-,12+,13-,14+,15-,17-/m0/s1. The molecule has 4 fully saturated rings. The quantitative estimate of drug-likeness (QED) is 0.888. The molecular weight excluding hydrogens is 337 g/mol. The zero-order chi connectivity index (χ0) is 16.1. The molecule has 1 aromatic carbocycles. The molecule has 23 heavy (non-hydrogen) atoms. The molecule has 7 atom stereocenters. The SMILES string of the molecule is CC[C@]12O[C@@H]3[C@H](O)[C@H]4C[C@H]3[C@H]1[C@@H]4C(=O)N2c1ccc(Cl)cc1Cl. The smallest absolute Gasteiger partial charge is 0.233 e. The zero-order valence-corrected chi connectivity index (χ0v) is 14.1. The fourth-order valence-electron chi connectivity index (χ4n) is 5.75. The van der Waals surface area contributed by atoms with Crippen molar-refractivity contribution in [3.8, 4) is 0 Å². The molecule has 4 nitrogen and oxygen atoms in total. The molecule has 0 radical (unpaired) electrons. The number of aliphatic hydroxyl groups is 1. The van der Waals surface area contributed by atoms with Crippen molar-refractivity contribution in [2.45, 2.75) is 37.7 Å². The number of fused-ring (bicyclic) bond motifs is 2. The van der Waals surface area contributed by atoms with Gasteiger partial charge in [0.25, 0.3) is 0 Å². The van der Waals surface area contributed by atoms with Crippen molar-refractivity contribution in [1.29, 1.82) is 0 Å². The number of ether oxygens (including phenoxy) is 1. The van der Waals surface area contributed by atoms with Crippen LogP contribution in [0, 0.1) is 23.7 Å². The minimum atomic E-state index is -0.680. The van der Waals surface area contributed by atoms with Gasteiger partial charge in [0.1, 0.15) is 0 Å².